The highest BCUT2D eigenvalue weighted by Crippen LogP contribution is 2.34. The zero-order chi connectivity index (χ0) is 17.3. The third kappa shape index (κ3) is 2.85. The molecule has 24 heavy (non-hydrogen) atoms. The van der Waals surface area contributed by atoms with Gasteiger partial charge in [0.2, 0.25) is 0 Å². The molecule has 2 amide bonds. The summed E-state index contributed by atoms with van der Waals surface area (Å²) in [5, 5.41) is 2.58. The van der Waals surface area contributed by atoms with Crippen LogP contribution in [0.5, 0.6) is 5.75 Å². The average Bonchev–Trinajstić information content (AvgIpc) is 2.61. The van der Waals surface area contributed by atoms with Crippen LogP contribution in [0.4, 0.5) is 5.69 Å². The van der Waals surface area contributed by atoms with E-state index in [1.165, 1.54) is 0 Å². The first-order valence-electron chi connectivity index (χ1n) is 7.87. The number of hydrogen-bond donors (Lipinski definition) is 1. The van der Waals surface area contributed by atoms with Crippen LogP contribution in [0.2, 0.25) is 0 Å². The number of carbonyl (C=O) groups excluding carboxylic acids is 2. The summed E-state index contributed by atoms with van der Waals surface area (Å²) in [4.78, 5) is 26.6. The van der Waals surface area contributed by atoms with Crippen LogP contribution < -0.4 is 15.0 Å². The molecule has 0 fully saturated rings. The van der Waals surface area contributed by atoms with Crippen LogP contribution >= 0.6 is 0 Å². The van der Waals surface area contributed by atoms with E-state index < -0.39 is 6.10 Å². The van der Waals surface area contributed by atoms with Crippen molar-refractivity contribution in [3.8, 4) is 5.75 Å². The normalized spacial score (nSPS) is 16.1. The maximum atomic E-state index is 13.0. The quantitative estimate of drug-likeness (QED) is 0.923. The van der Waals surface area contributed by atoms with Gasteiger partial charge < -0.3 is 15.0 Å². The zero-order valence-electron chi connectivity index (χ0n) is 14.0. The van der Waals surface area contributed by atoms with Crippen molar-refractivity contribution in [2.75, 3.05) is 18.5 Å². The van der Waals surface area contributed by atoms with E-state index in [0.717, 1.165) is 11.1 Å². The largest absolute Gasteiger partial charge is 0.477 e. The molecule has 1 heterocycles. The zero-order valence-corrected chi connectivity index (χ0v) is 14.0. The van der Waals surface area contributed by atoms with Crippen molar-refractivity contribution in [3.63, 3.8) is 0 Å². The number of hydrogen-bond acceptors (Lipinski definition) is 3. The molecule has 1 atom stereocenters. The van der Waals surface area contributed by atoms with Gasteiger partial charge in [-0.1, -0.05) is 18.2 Å². The lowest BCUT2D eigenvalue weighted by atomic mass is 10.0. The summed E-state index contributed by atoms with van der Waals surface area (Å²) in [6.45, 7) is 4.17. The molecule has 1 aliphatic heterocycles. The van der Waals surface area contributed by atoms with Gasteiger partial charge in [-0.15, -0.1) is 0 Å². The van der Waals surface area contributed by atoms with Crippen LogP contribution in [0.25, 0.3) is 0 Å². The highest BCUT2D eigenvalue weighted by atomic mass is 16.5. The summed E-state index contributed by atoms with van der Waals surface area (Å²) < 4.78 is 5.74. The summed E-state index contributed by atoms with van der Waals surface area (Å²) in [5.41, 5.74) is 3.48. The van der Waals surface area contributed by atoms with E-state index in [4.69, 9.17) is 4.74 Å². The fourth-order valence-corrected chi connectivity index (χ4v) is 2.75. The van der Waals surface area contributed by atoms with Crippen LogP contribution in [0.1, 0.15) is 21.5 Å². The van der Waals surface area contributed by atoms with Gasteiger partial charge in [-0.2, -0.15) is 0 Å². The van der Waals surface area contributed by atoms with Crippen molar-refractivity contribution in [1.29, 1.82) is 0 Å². The number of aryl methyl sites for hydroxylation is 2. The number of benzene rings is 2. The van der Waals surface area contributed by atoms with Gasteiger partial charge in [-0.25, -0.2) is 0 Å². The molecule has 3 rings (SSSR count). The van der Waals surface area contributed by atoms with Crippen LogP contribution in [0, 0.1) is 13.8 Å². The van der Waals surface area contributed by atoms with Gasteiger partial charge in [0.15, 0.2) is 6.10 Å². The SMILES string of the molecule is CNC(=O)[C@@H]1CN(C(=O)c2ccc(C)c(C)c2)c2ccccc2O1. The molecule has 0 unspecified atom stereocenters. The summed E-state index contributed by atoms with van der Waals surface area (Å²) in [6.07, 6.45) is -0.722. The van der Waals surface area contributed by atoms with Crippen molar-refractivity contribution in [2.24, 2.45) is 0 Å². The first-order chi connectivity index (χ1) is 11.5. The second-order valence-electron chi connectivity index (χ2n) is 5.90. The molecule has 2 aromatic carbocycles. The van der Waals surface area contributed by atoms with Crippen LogP contribution in [0.15, 0.2) is 42.5 Å². The number of nitrogens with zero attached hydrogens (tertiary/aromatic N) is 1. The van der Waals surface area contributed by atoms with E-state index in [9.17, 15) is 9.59 Å². The Bertz CT molecular complexity index is 801. The molecule has 2 aromatic rings. The summed E-state index contributed by atoms with van der Waals surface area (Å²) >= 11 is 0. The molecule has 0 aromatic heterocycles. The summed E-state index contributed by atoms with van der Waals surface area (Å²) in [7, 11) is 1.56. The molecule has 0 saturated heterocycles. The number of rotatable bonds is 2. The Hall–Kier alpha value is -2.82. The number of nitrogens with one attached hydrogen (secondary N) is 1. The van der Waals surface area contributed by atoms with Crippen molar-refractivity contribution in [1.82, 2.24) is 5.32 Å². The van der Waals surface area contributed by atoms with E-state index in [0.29, 0.717) is 17.0 Å². The van der Waals surface area contributed by atoms with Gasteiger partial charge >= 0.3 is 0 Å². The fraction of sp³-hybridized carbons (Fsp3) is 0.263. The third-order valence-corrected chi connectivity index (χ3v) is 4.31. The monoisotopic (exact) mass is 324 g/mol. The lowest BCUT2D eigenvalue weighted by molar-refractivity contribution is -0.127. The number of fused-ring (bicyclic) bond motifs is 1. The molecular weight excluding hydrogens is 304 g/mol. The molecule has 5 heteroatoms. The van der Waals surface area contributed by atoms with Crippen molar-refractivity contribution in [2.45, 2.75) is 20.0 Å². The topological polar surface area (TPSA) is 58.6 Å². The Labute approximate surface area is 141 Å². The van der Waals surface area contributed by atoms with Gasteiger partial charge in [0, 0.05) is 12.6 Å². The summed E-state index contributed by atoms with van der Waals surface area (Å²) in [5.74, 6) is 0.152. The molecule has 0 aliphatic carbocycles. The Kier molecular flexibility index (Phi) is 4.25. The molecule has 1 N–H and O–H groups in total. The smallest absolute Gasteiger partial charge is 0.262 e. The lowest BCUT2D eigenvalue weighted by Crippen LogP contribution is -2.50. The van der Waals surface area contributed by atoms with E-state index in [1.807, 2.05) is 50.2 Å². The van der Waals surface area contributed by atoms with E-state index >= 15 is 0 Å². The third-order valence-electron chi connectivity index (χ3n) is 4.31. The fourth-order valence-electron chi connectivity index (χ4n) is 2.75. The van der Waals surface area contributed by atoms with Crippen LogP contribution in [-0.2, 0) is 4.79 Å². The molecule has 0 radical (unpaired) electrons. The summed E-state index contributed by atoms with van der Waals surface area (Å²) in [6, 6.07) is 12.9. The minimum Gasteiger partial charge on any atom is -0.477 e. The number of para-hydroxylation sites is 2. The minimum absolute atomic E-state index is 0.136. The Balaban J connectivity index is 1.99. The van der Waals surface area contributed by atoms with Crippen molar-refractivity contribution in [3.05, 3.63) is 59.2 Å². The molecule has 0 bridgehead atoms. The first kappa shape index (κ1) is 16.1. The predicted octanol–water partition coefficient (Wildman–Crippen LogP) is 2.46. The van der Waals surface area contributed by atoms with Gasteiger partial charge in [0.1, 0.15) is 5.75 Å². The molecule has 1 aliphatic rings. The second kappa shape index (κ2) is 6.35. The van der Waals surface area contributed by atoms with Gasteiger partial charge in [-0.3, -0.25) is 9.59 Å². The highest BCUT2D eigenvalue weighted by molar-refractivity contribution is 6.08. The molecule has 124 valence electrons. The Morgan fingerprint density at radius 1 is 1.12 bits per heavy atom. The number of anilines is 1. The molecule has 5 nitrogen and oxygen atoms in total. The second-order valence-corrected chi connectivity index (χ2v) is 5.90. The Morgan fingerprint density at radius 3 is 2.58 bits per heavy atom. The predicted molar refractivity (Wildman–Crippen MR) is 92.5 cm³/mol. The average molecular weight is 324 g/mol. The Morgan fingerprint density at radius 2 is 1.88 bits per heavy atom. The van der Waals surface area contributed by atoms with E-state index in [1.54, 1.807) is 18.0 Å². The number of likely N-dealkylation sites (N-methyl/N-ethyl adjacent to an activating group) is 1. The maximum absolute atomic E-state index is 13.0. The maximum Gasteiger partial charge on any atom is 0.262 e. The minimum atomic E-state index is -0.722. The van der Waals surface area contributed by atoms with Gasteiger partial charge in [0.25, 0.3) is 11.8 Å². The number of carbonyl (C=O) groups is 2. The molecule has 0 saturated carbocycles. The highest BCUT2D eigenvalue weighted by Gasteiger charge is 2.33. The first-order valence-corrected chi connectivity index (χ1v) is 7.87. The van der Waals surface area contributed by atoms with E-state index in [-0.39, 0.29) is 18.4 Å². The van der Waals surface area contributed by atoms with Gasteiger partial charge in [0.05, 0.1) is 12.2 Å². The lowest BCUT2D eigenvalue weighted by Gasteiger charge is -2.34. The van der Waals surface area contributed by atoms with Crippen molar-refractivity contribution >= 4 is 17.5 Å². The van der Waals surface area contributed by atoms with Crippen LogP contribution in [0.3, 0.4) is 0 Å². The van der Waals surface area contributed by atoms with E-state index in [2.05, 4.69) is 5.32 Å². The van der Waals surface area contributed by atoms with Crippen molar-refractivity contribution < 1.29 is 14.3 Å². The molecule has 0 spiro atoms. The van der Waals surface area contributed by atoms with Crippen LogP contribution in [-0.4, -0.2) is 31.5 Å². The standard InChI is InChI=1S/C19H20N2O3/c1-12-8-9-14(10-13(12)2)19(23)21-11-17(18(22)20-3)24-16-7-5-4-6-15(16)21/h4-10,17H,11H2,1-3H3,(H,20,22)/t17-/m0/s1. The van der Waals surface area contributed by atoms with Gasteiger partial charge in [-0.05, 0) is 49.2 Å². The number of amides is 2. The number of ether oxygens (including phenoxy) is 1. The molecular formula is C19H20N2O3.